The van der Waals surface area contributed by atoms with E-state index in [2.05, 4.69) is 5.10 Å². The van der Waals surface area contributed by atoms with Crippen molar-refractivity contribution in [3.63, 3.8) is 0 Å². The number of aromatic nitrogens is 2. The van der Waals surface area contributed by atoms with Crippen LogP contribution in [0.25, 0.3) is 0 Å². The van der Waals surface area contributed by atoms with E-state index in [0.717, 1.165) is 18.5 Å². The molecule has 0 aromatic carbocycles. The average Bonchev–Trinajstić information content (AvgIpc) is 2.67. The zero-order chi connectivity index (χ0) is 9.10. The summed E-state index contributed by atoms with van der Waals surface area (Å²) in [4.78, 5) is 10.7. The van der Waals surface area contributed by atoms with Gasteiger partial charge in [-0.3, -0.25) is 9.48 Å². The fourth-order valence-electron chi connectivity index (χ4n) is 1.64. The largest absolute Gasteiger partial charge is 0.296 e. The molecule has 1 saturated heterocycles. The third-order valence-corrected chi connectivity index (χ3v) is 3.50. The van der Waals surface area contributed by atoms with Crippen LogP contribution in [0, 0.1) is 0 Å². The lowest BCUT2D eigenvalue weighted by molar-refractivity contribution is 0.111. The topological polar surface area (TPSA) is 34.9 Å². The summed E-state index contributed by atoms with van der Waals surface area (Å²) in [5.74, 6) is 2.33. The van der Waals surface area contributed by atoms with E-state index < -0.39 is 0 Å². The highest BCUT2D eigenvalue weighted by atomic mass is 32.2. The Morgan fingerprint density at radius 1 is 1.69 bits per heavy atom. The molecular weight excluding hydrogens is 184 g/mol. The van der Waals surface area contributed by atoms with Crippen LogP contribution in [0.4, 0.5) is 0 Å². The predicted octanol–water partition coefficient (Wildman–Crippen LogP) is 1.76. The minimum absolute atomic E-state index is 0.425. The van der Waals surface area contributed by atoms with E-state index in [9.17, 15) is 4.79 Å². The van der Waals surface area contributed by atoms with E-state index in [1.54, 1.807) is 12.3 Å². The summed E-state index contributed by atoms with van der Waals surface area (Å²) in [6.07, 6.45) is 4.96. The van der Waals surface area contributed by atoms with E-state index in [-0.39, 0.29) is 0 Å². The third-order valence-electron chi connectivity index (χ3n) is 2.30. The minimum atomic E-state index is 0.425. The molecule has 2 rings (SSSR count). The third kappa shape index (κ3) is 1.77. The van der Waals surface area contributed by atoms with Crippen LogP contribution in [-0.2, 0) is 0 Å². The number of carbonyl (C=O) groups excluding carboxylic acids is 1. The van der Waals surface area contributed by atoms with E-state index in [1.807, 2.05) is 16.4 Å². The molecule has 1 aliphatic rings. The van der Waals surface area contributed by atoms with Crippen molar-refractivity contribution in [2.45, 2.75) is 18.9 Å². The van der Waals surface area contributed by atoms with Gasteiger partial charge in [-0.05, 0) is 24.7 Å². The number of rotatable bonds is 2. The summed E-state index contributed by atoms with van der Waals surface area (Å²) in [5, 5.41) is 4.18. The molecule has 0 radical (unpaired) electrons. The summed E-state index contributed by atoms with van der Waals surface area (Å²) in [6.45, 7) is 0. The molecule has 1 aliphatic heterocycles. The van der Waals surface area contributed by atoms with Crippen LogP contribution in [0.15, 0.2) is 12.3 Å². The smallest absolute Gasteiger partial charge is 0.168 e. The van der Waals surface area contributed by atoms with Crippen LogP contribution in [0.1, 0.15) is 29.4 Å². The summed E-state index contributed by atoms with van der Waals surface area (Å²) >= 11 is 1.94. The molecule has 3 nitrogen and oxygen atoms in total. The molecule has 0 N–H and O–H groups in total. The van der Waals surface area contributed by atoms with Crippen molar-refractivity contribution in [2.24, 2.45) is 0 Å². The fourth-order valence-corrected chi connectivity index (χ4v) is 2.76. The van der Waals surface area contributed by atoms with Gasteiger partial charge in [0.25, 0.3) is 0 Å². The van der Waals surface area contributed by atoms with E-state index >= 15 is 0 Å². The molecule has 1 aromatic rings. The first kappa shape index (κ1) is 8.81. The molecule has 13 heavy (non-hydrogen) atoms. The van der Waals surface area contributed by atoms with Crippen molar-refractivity contribution in [1.82, 2.24) is 9.78 Å². The number of nitrogens with zero attached hydrogens (tertiary/aromatic N) is 2. The number of hydrogen-bond donors (Lipinski definition) is 0. The van der Waals surface area contributed by atoms with E-state index in [0.29, 0.717) is 11.7 Å². The normalized spacial score (nSPS) is 22.9. The first-order valence-corrected chi connectivity index (χ1v) is 5.63. The van der Waals surface area contributed by atoms with Crippen LogP contribution in [0.5, 0.6) is 0 Å². The van der Waals surface area contributed by atoms with Crippen LogP contribution in [0.3, 0.4) is 0 Å². The summed E-state index contributed by atoms with van der Waals surface area (Å²) in [7, 11) is 0. The van der Waals surface area contributed by atoms with Crippen molar-refractivity contribution < 1.29 is 4.79 Å². The highest BCUT2D eigenvalue weighted by molar-refractivity contribution is 7.99. The Labute approximate surface area is 81.5 Å². The molecule has 1 unspecified atom stereocenters. The SMILES string of the molecule is O=Cc1ccnn1C1CCCSC1. The predicted molar refractivity (Wildman–Crippen MR) is 53.2 cm³/mol. The van der Waals surface area contributed by atoms with E-state index in [4.69, 9.17) is 0 Å². The molecule has 1 aromatic heterocycles. The molecule has 0 saturated carbocycles. The summed E-state index contributed by atoms with van der Waals surface area (Å²) in [5.41, 5.74) is 0.701. The molecular formula is C9H12N2OS. The van der Waals surface area contributed by atoms with Gasteiger partial charge in [-0.25, -0.2) is 0 Å². The van der Waals surface area contributed by atoms with Crippen molar-refractivity contribution in [3.8, 4) is 0 Å². The molecule has 0 spiro atoms. The van der Waals surface area contributed by atoms with Gasteiger partial charge >= 0.3 is 0 Å². The molecule has 0 bridgehead atoms. The standard InChI is InChI=1S/C9H12N2OS/c12-6-8-3-4-10-11(8)9-2-1-5-13-7-9/h3-4,6,9H,1-2,5,7H2. The quantitative estimate of drug-likeness (QED) is 0.676. The lowest BCUT2D eigenvalue weighted by atomic mass is 10.2. The van der Waals surface area contributed by atoms with Crippen molar-refractivity contribution in [1.29, 1.82) is 0 Å². The first-order valence-electron chi connectivity index (χ1n) is 4.48. The van der Waals surface area contributed by atoms with Crippen molar-refractivity contribution >= 4 is 18.0 Å². The van der Waals surface area contributed by atoms with Crippen LogP contribution < -0.4 is 0 Å². The Bertz CT molecular complexity index is 292. The number of carbonyl (C=O) groups is 1. The van der Waals surface area contributed by atoms with Crippen LogP contribution >= 0.6 is 11.8 Å². The Morgan fingerprint density at radius 3 is 3.31 bits per heavy atom. The molecule has 1 atom stereocenters. The molecule has 4 heteroatoms. The maximum absolute atomic E-state index is 10.7. The Balaban J connectivity index is 2.17. The van der Waals surface area contributed by atoms with E-state index in [1.165, 1.54) is 12.2 Å². The average molecular weight is 196 g/mol. The maximum Gasteiger partial charge on any atom is 0.168 e. The number of aldehydes is 1. The van der Waals surface area contributed by atoms with Gasteiger partial charge in [-0.2, -0.15) is 16.9 Å². The second-order valence-electron chi connectivity index (χ2n) is 3.19. The fraction of sp³-hybridized carbons (Fsp3) is 0.556. The van der Waals surface area contributed by atoms with Gasteiger partial charge in [-0.1, -0.05) is 0 Å². The summed E-state index contributed by atoms with van der Waals surface area (Å²) in [6, 6.07) is 2.20. The van der Waals surface area contributed by atoms with Crippen molar-refractivity contribution in [2.75, 3.05) is 11.5 Å². The van der Waals surface area contributed by atoms with Gasteiger partial charge in [0, 0.05) is 11.9 Å². The second kappa shape index (κ2) is 3.96. The second-order valence-corrected chi connectivity index (χ2v) is 4.34. The molecule has 0 amide bonds. The first-order chi connectivity index (χ1) is 6.42. The Hall–Kier alpha value is -0.770. The Kier molecular flexibility index (Phi) is 2.68. The van der Waals surface area contributed by atoms with Crippen LogP contribution in [-0.4, -0.2) is 27.6 Å². The van der Waals surface area contributed by atoms with Crippen molar-refractivity contribution in [3.05, 3.63) is 18.0 Å². The van der Waals surface area contributed by atoms with Gasteiger partial charge < -0.3 is 0 Å². The van der Waals surface area contributed by atoms with Gasteiger partial charge in [0.05, 0.1) is 6.04 Å². The minimum Gasteiger partial charge on any atom is -0.296 e. The zero-order valence-electron chi connectivity index (χ0n) is 7.35. The molecule has 70 valence electrons. The monoisotopic (exact) mass is 196 g/mol. The van der Waals surface area contributed by atoms with Gasteiger partial charge in [0.15, 0.2) is 6.29 Å². The Morgan fingerprint density at radius 2 is 2.62 bits per heavy atom. The molecule has 2 heterocycles. The number of hydrogen-bond acceptors (Lipinski definition) is 3. The highest BCUT2D eigenvalue weighted by Gasteiger charge is 2.17. The zero-order valence-corrected chi connectivity index (χ0v) is 8.17. The van der Waals surface area contributed by atoms with Gasteiger partial charge in [-0.15, -0.1) is 0 Å². The van der Waals surface area contributed by atoms with Gasteiger partial charge in [0.1, 0.15) is 5.69 Å². The number of thioether (sulfide) groups is 1. The van der Waals surface area contributed by atoms with Crippen LogP contribution in [0.2, 0.25) is 0 Å². The maximum atomic E-state index is 10.7. The van der Waals surface area contributed by atoms with Gasteiger partial charge in [0.2, 0.25) is 0 Å². The lowest BCUT2D eigenvalue weighted by Gasteiger charge is -2.22. The molecule has 1 fully saturated rings. The summed E-state index contributed by atoms with van der Waals surface area (Å²) < 4.78 is 1.86. The highest BCUT2D eigenvalue weighted by Crippen LogP contribution is 2.26. The molecule has 0 aliphatic carbocycles. The lowest BCUT2D eigenvalue weighted by Crippen LogP contribution is -2.19.